The number of amides is 1. The number of hydrogen-bond donors (Lipinski definition) is 1. The number of likely N-dealkylation sites (tertiary alicyclic amines) is 1. The molecule has 20 heavy (non-hydrogen) atoms. The average molecular weight is 292 g/mol. The van der Waals surface area contributed by atoms with Crippen LogP contribution < -0.4 is 5.32 Å². The second-order valence-electron chi connectivity index (χ2n) is 5.50. The predicted octanol–water partition coefficient (Wildman–Crippen LogP) is 0.495. The van der Waals surface area contributed by atoms with Crippen molar-refractivity contribution in [1.82, 2.24) is 10.2 Å². The van der Waals surface area contributed by atoms with E-state index in [1.54, 1.807) is 12.0 Å². The Labute approximate surface area is 117 Å². The topological polar surface area (TPSA) is 50.8 Å². The van der Waals surface area contributed by atoms with Crippen LogP contribution in [0.5, 0.6) is 0 Å². The van der Waals surface area contributed by atoms with Gasteiger partial charge in [-0.3, -0.25) is 10.1 Å². The van der Waals surface area contributed by atoms with Crippen LogP contribution in [0.2, 0.25) is 0 Å². The summed E-state index contributed by atoms with van der Waals surface area (Å²) in [5.41, 5.74) is 0. The maximum Gasteiger partial charge on any atom is 0.262 e. The highest BCUT2D eigenvalue weighted by Crippen LogP contribution is 2.27. The first-order valence-electron chi connectivity index (χ1n) is 6.98. The molecule has 1 N–H and O–H groups in total. The van der Waals surface area contributed by atoms with E-state index >= 15 is 0 Å². The zero-order valence-electron chi connectivity index (χ0n) is 11.7. The van der Waals surface area contributed by atoms with Gasteiger partial charge in [0, 0.05) is 32.5 Å². The third kappa shape index (κ3) is 4.10. The summed E-state index contributed by atoms with van der Waals surface area (Å²) in [7, 11) is 1.61. The number of nitrogens with zero attached hydrogens (tertiary/aromatic N) is 1. The minimum Gasteiger partial charge on any atom is -0.382 e. The molecule has 0 bridgehead atoms. The van der Waals surface area contributed by atoms with Gasteiger partial charge in [0.1, 0.15) is 0 Å². The Morgan fingerprint density at radius 2 is 2.25 bits per heavy atom. The Bertz CT molecular complexity index is 342. The number of hydrogen-bond acceptors (Lipinski definition) is 4. The Balaban J connectivity index is 1.71. The SMILES string of the molecule is COCCOCC1CCN(C(=O)C2CC(F)(F)CN2)C1. The summed E-state index contributed by atoms with van der Waals surface area (Å²) in [4.78, 5) is 13.8. The van der Waals surface area contributed by atoms with Crippen molar-refractivity contribution in [3.8, 4) is 0 Å². The highest BCUT2D eigenvalue weighted by Gasteiger charge is 2.44. The lowest BCUT2D eigenvalue weighted by molar-refractivity contribution is -0.132. The molecule has 2 aliphatic heterocycles. The summed E-state index contributed by atoms with van der Waals surface area (Å²) in [6.45, 7) is 2.49. The first-order valence-corrected chi connectivity index (χ1v) is 6.98. The number of methoxy groups -OCH3 is 1. The van der Waals surface area contributed by atoms with Crippen molar-refractivity contribution < 1.29 is 23.0 Å². The van der Waals surface area contributed by atoms with Gasteiger partial charge in [-0.05, 0) is 6.42 Å². The van der Waals surface area contributed by atoms with E-state index in [9.17, 15) is 13.6 Å². The quantitative estimate of drug-likeness (QED) is 0.724. The van der Waals surface area contributed by atoms with Gasteiger partial charge in [-0.15, -0.1) is 0 Å². The highest BCUT2D eigenvalue weighted by atomic mass is 19.3. The van der Waals surface area contributed by atoms with E-state index < -0.39 is 24.9 Å². The van der Waals surface area contributed by atoms with Crippen LogP contribution in [0.3, 0.4) is 0 Å². The minimum atomic E-state index is -2.76. The summed E-state index contributed by atoms with van der Waals surface area (Å²) >= 11 is 0. The van der Waals surface area contributed by atoms with E-state index in [4.69, 9.17) is 9.47 Å². The minimum absolute atomic E-state index is 0.207. The molecule has 0 radical (unpaired) electrons. The Morgan fingerprint density at radius 1 is 1.45 bits per heavy atom. The van der Waals surface area contributed by atoms with Gasteiger partial charge in [-0.25, -0.2) is 8.78 Å². The number of alkyl halides is 2. The van der Waals surface area contributed by atoms with Crippen molar-refractivity contribution >= 4 is 5.91 Å². The monoisotopic (exact) mass is 292 g/mol. The second-order valence-corrected chi connectivity index (χ2v) is 5.50. The molecule has 0 aromatic heterocycles. The number of nitrogens with one attached hydrogen (secondary N) is 1. The fourth-order valence-electron chi connectivity index (χ4n) is 2.67. The van der Waals surface area contributed by atoms with E-state index in [0.717, 1.165) is 6.42 Å². The van der Waals surface area contributed by atoms with Crippen LogP contribution in [0.4, 0.5) is 8.78 Å². The maximum atomic E-state index is 13.1. The molecule has 116 valence electrons. The Kier molecular flexibility index (Phi) is 5.29. The van der Waals surface area contributed by atoms with Crippen molar-refractivity contribution in [2.24, 2.45) is 5.92 Å². The van der Waals surface area contributed by atoms with Crippen LogP contribution in [0.15, 0.2) is 0 Å². The van der Waals surface area contributed by atoms with Crippen molar-refractivity contribution in [3.63, 3.8) is 0 Å². The smallest absolute Gasteiger partial charge is 0.262 e. The lowest BCUT2D eigenvalue weighted by Gasteiger charge is -2.20. The summed E-state index contributed by atoms with van der Waals surface area (Å²) in [6.07, 6.45) is 0.471. The molecule has 5 nitrogen and oxygen atoms in total. The molecule has 2 fully saturated rings. The van der Waals surface area contributed by atoms with Gasteiger partial charge in [0.25, 0.3) is 5.92 Å². The van der Waals surface area contributed by atoms with Crippen LogP contribution in [-0.2, 0) is 14.3 Å². The molecule has 2 atom stereocenters. The molecular formula is C13H22F2N2O3. The second kappa shape index (κ2) is 6.78. The molecule has 2 heterocycles. The molecule has 2 rings (SSSR count). The molecule has 2 unspecified atom stereocenters. The fourth-order valence-corrected chi connectivity index (χ4v) is 2.67. The third-order valence-electron chi connectivity index (χ3n) is 3.79. The van der Waals surface area contributed by atoms with Gasteiger partial charge < -0.3 is 14.4 Å². The normalized spacial score (nSPS) is 29.1. The molecule has 7 heteroatoms. The summed E-state index contributed by atoms with van der Waals surface area (Å²) in [5, 5.41) is 2.61. The maximum absolute atomic E-state index is 13.1. The fraction of sp³-hybridized carbons (Fsp3) is 0.923. The van der Waals surface area contributed by atoms with Gasteiger partial charge in [-0.1, -0.05) is 0 Å². The van der Waals surface area contributed by atoms with Crippen molar-refractivity contribution in [3.05, 3.63) is 0 Å². The summed E-state index contributed by atoms with van der Waals surface area (Å²) < 4.78 is 36.5. The van der Waals surface area contributed by atoms with Crippen molar-refractivity contribution in [2.45, 2.75) is 24.8 Å². The largest absolute Gasteiger partial charge is 0.382 e. The van der Waals surface area contributed by atoms with Crippen molar-refractivity contribution in [1.29, 1.82) is 0 Å². The van der Waals surface area contributed by atoms with E-state index in [2.05, 4.69) is 5.32 Å². The molecule has 0 aromatic carbocycles. The van der Waals surface area contributed by atoms with Gasteiger partial charge in [-0.2, -0.15) is 0 Å². The lowest BCUT2D eigenvalue weighted by atomic mass is 10.1. The lowest BCUT2D eigenvalue weighted by Crippen LogP contribution is -2.42. The van der Waals surface area contributed by atoms with Crippen LogP contribution in [0.1, 0.15) is 12.8 Å². The first kappa shape index (κ1) is 15.6. The number of carbonyl (C=O) groups excluding carboxylic acids is 1. The number of halogens is 2. The van der Waals surface area contributed by atoms with Gasteiger partial charge in [0.05, 0.1) is 32.4 Å². The number of rotatable bonds is 6. The van der Waals surface area contributed by atoms with E-state index in [0.29, 0.717) is 32.9 Å². The zero-order valence-corrected chi connectivity index (χ0v) is 11.7. The van der Waals surface area contributed by atoms with Gasteiger partial charge in [0.2, 0.25) is 5.91 Å². The van der Waals surface area contributed by atoms with Crippen molar-refractivity contribution in [2.75, 3.05) is 46.6 Å². The van der Waals surface area contributed by atoms with Crippen LogP contribution in [0.25, 0.3) is 0 Å². The van der Waals surface area contributed by atoms with Crippen LogP contribution in [-0.4, -0.2) is 69.3 Å². The number of ether oxygens (including phenoxy) is 2. The molecule has 2 aliphatic rings. The molecule has 0 aliphatic carbocycles. The standard InChI is InChI=1S/C13H22F2N2O3/c1-19-4-5-20-8-10-2-3-17(7-10)12(18)11-6-13(14,15)9-16-11/h10-11,16H,2-9H2,1H3. The van der Waals surface area contributed by atoms with E-state index in [-0.39, 0.29) is 11.8 Å². The third-order valence-corrected chi connectivity index (χ3v) is 3.79. The molecular weight excluding hydrogens is 270 g/mol. The van der Waals surface area contributed by atoms with E-state index in [1.807, 2.05) is 0 Å². The Morgan fingerprint density at radius 3 is 2.90 bits per heavy atom. The molecule has 1 amide bonds. The highest BCUT2D eigenvalue weighted by molar-refractivity contribution is 5.82. The molecule has 0 aromatic rings. The summed E-state index contributed by atoms with van der Waals surface area (Å²) in [6, 6.07) is -0.738. The van der Waals surface area contributed by atoms with Gasteiger partial charge >= 0.3 is 0 Å². The van der Waals surface area contributed by atoms with Crippen LogP contribution in [0, 0.1) is 5.92 Å². The summed E-state index contributed by atoms with van der Waals surface area (Å²) in [5.74, 6) is -2.68. The first-order chi connectivity index (χ1) is 9.52. The molecule has 2 saturated heterocycles. The molecule has 0 saturated carbocycles. The number of carbonyl (C=O) groups is 1. The Hall–Kier alpha value is -0.790. The average Bonchev–Trinajstić information content (AvgIpc) is 3.00. The van der Waals surface area contributed by atoms with E-state index in [1.165, 1.54) is 0 Å². The zero-order chi connectivity index (χ0) is 14.6. The molecule has 0 spiro atoms. The van der Waals surface area contributed by atoms with Crippen LogP contribution >= 0.6 is 0 Å². The predicted molar refractivity (Wildman–Crippen MR) is 68.7 cm³/mol. The van der Waals surface area contributed by atoms with Gasteiger partial charge in [0.15, 0.2) is 0 Å².